The number of fused-ring (bicyclic) bond motifs is 1. The van der Waals surface area contributed by atoms with Crippen LogP contribution in [0.3, 0.4) is 0 Å². The molecule has 0 aromatic heterocycles. The Morgan fingerprint density at radius 1 is 1.43 bits per heavy atom. The van der Waals surface area contributed by atoms with Gasteiger partial charge in [0.2, 0.25) is 0 Å². The molecule has 0 heterocycles. The molecule has 0 radical (unpaired) electrons. The van der Waals surface area contributed by atoms with Gasteiger partial charge in [-0.25, -0.2) is 0 Å². The number of benzene rings is 1. The Morgan fingerprint density at radius 3 is 2.86 bits per heavy atom. The third kappa shape index (κ3) is 1.22. The molecule has 0 spiro atoms. The molecular weight excluding hydrogens is 184 g/mol. The molecule has 5 heteroatoms. The Labute approximate surface area is 79.8 Å². The molecule has 2 rings (SSSR count). The Morgan fingerprint density at radius 2 is 2.21 bits per heavy atom. The van der Waals surface area contributed by atoms with Gasteiger partial charge >= 0.3 is 0 Å². The van der Waals surface area contributed by atoms with E-state index in [9.17, 15) is 10.1 Å². The Hall–Kier alpha value is -1.91. The van der Waals surface area contributed by atoms with Crippen LogP contribution in [0.25, 0.3) is 0 Å². The molecule has 1 aromatic rings. The minimum atomic E-state index is -0.451. The Kier molecular flexibility index (Phi) is 1.92. The van der Waals surface area contributed by atoms with E-state index in [0.717, 1.165) is 12.0 Å². The number of oxime groups is 1. The van der Waals surface area contributed by atoms with Crippen molar-refractivity contribution < 1.29 is 10.1 Å². The van der Waals surface area contributed by atoms with E-state index in [1.807, 2.05) is 0 Å². The van der Waals surface area contributed by atoms with Gasteiger partial charge in [-0.15, -0.1) is 0 Å². The van der Waals surface area contributed by atoms with Crippen LogP contribution in [0.1, 0.15) is 17.5 Å². The molecule has 0 fully saturated rings. The van der Waals surface area contributed by atoms with Crippen molar-refractivity contribution >= 4 is 11.4 Å². The van der Waals surface area contributed by atoms with E-state index in [1.165, 1.54) is 12.1 Å². The Bertz CT molecular complexity index is 426. The highest BCUT2D eigenvalue weighted by Crippen LogP contribution is 2.26. The first-order valence-electron chi connectivity index (χ1n) is 4.21. The quantitative estimate of drug-likeness (QED) is 0.418. The molecule has 14 heavy (non-hydrogen) atoms. The summed E-state index contributed by atoms with van der Waals surface area (Å²) in [6.07, 6.45) is 1.43. The molecule has 0 aliphatic heterocycles. The largest absolute Gasteiger partial charge is 0.411 e. The molecule has 0 unspecified atom stereocenters. The zero-order valence-corrected chi connectivity index (χ0v) is 7.30. The fraction of sp³-hybridized carbons (Fsp3) is 0.222. The summed E-state index contributed by atoms with van der Waals surface area (Å²) >= 11 is 0. The number of nitro benzene ring substituents is 1. The summed E-state index contributed by atoms with van der Waals surface area (Å²) in [7, 11) is 0. The van der Waals surface area contributed by atoms with Crippen molar-refractivity contribution in [1.29, 1.82) is 0 Å². The van der Waals surface area contributed by atoms with Crippen molar-refractivity contribution in [2.45, 2.75) is 12.8 Å². The van der Waals surface area contributed by atoms with Gasteiger partial charge in [0.1, 0.15) is 0 Å². The number of hydrogen-bond donors (Lipinski definition) is 1. The Balaban J connectivity index is 2.53. The molecule has 1 aliphatic carbocycles. The summed E-state index contributed by atoms with van der Waals surface area (Å²) in [5.74, 6) is 0. The first-order valence-corrected chi connectivity index (χ1v) is 4.21. The van der Waals surface area contributed by atoms with Crippen molar-refractivity contribution in [1.82, 2.24) is 0 Å². The fourth-order valence-corrected chi connectivity index (χ4v) is 1.66. The van der Waals surface area contributed by atoms with Crippen molar-refractivity contribution in [2.75, 3.05) is 0 Å². The van der Waals surface area contributed by atoms with Crippen molar-refractivity contribution in [3.63, 3.8) is 0 Å². The lowest BCUT2D eigenvalue weighted by Crippen LogP contribution is -1.96. The SMILES string of the molecule is O=[N+]([O-])c1ccc2c(c1)C(=NO)CC2. The third-order valence-corrected chi connectivity index (χ3v) is 2.37. The van der Waals surface area contributed by atoms with Crippen LogP contribution in [0.5, 0.6) is 0 Å². The highest BCUT2D eigenvalue weighted by molar-refractivity contribution is 6.04. The van der Waals surface area contributed by atoms with Crippen LogP contribution in [0, 0.1) is 10.1 Å². The van der Waals surface area contributed by atoms with Gasteiger partial charge in [0.15, 0.2) is 0 Å². The summed E-state index contributed by atoms with van der Waals surface area (Å²) in [4.78, 5) is 10.0. The van der Waals surface area contributed by atoms with E-state index in [0.29, 0.717) is 17.7 Å². The highest BCUT2D eigenvalue weighted by atomic mass is 16.6. The van der Waals surface area contributed by atoms with Crippen molar-refractivity contribution in [3.05, 3.63) is 39.4 Å². The van der Waals surface area contributed by atoms with Crippen LogP contribution in [-0.2, 0) is 6.42 Å². The van der Waals surface area contributed by atoms with E-state index < -0.39 is 4.92 Å². The maximum absolute atomic E-state index is 10.5. The van der Waals surface area contributed by atoms with Gasteiger partial charge in [0.05, 0.1) is 10.6 Å². The van der Waals surface area contributed by atoms with Gasteiger partial charge in [-0.1, -0.05) is 11.2 Å². The van der Waals surface area contributed by atoms with E-state index >= 15 is 0 Å². The molecule has 0 amide bonds. The van der Waals surface area contributed by atoms with Crippen molar-refractivity contribution in [2.24, 2.45) is 5.16 Å². The summed E-state index contributed by atoms with van der Waals surface area (Å²) in [6, 6.07) is 4.64. The predicted octanol–water partition coefficient (Wildman–Crippen LogP) is 1.72. The maximum Gasteiger partial charge on any atom is 0.270 e. The van der Waals surface area contributed by atoms with Crippen LogP contribution >= 0.6 is 0 Å². The van der Waals surface area contributed by atoms with Gasteiger partial charge in [-0.05, 0) is 18.4 Å². The van der Waals surface area contributed by atoms with Crippen LogP contribution in [0.2, 0.25) is 0 Å². The second-order valence-corrected chi connectivity index (χ2v) is 3.15. The van der Waals surface area contributed by atoms with Crippen LogP contribution in [-0.4, -0.2) is 15.8 Å². The molecule has 1 aliphatic rings. The standard InChI is InChI=1S/C9H8N2O3/c12-10-9-4-2-6-1-3-7(11(13)14)5-8(6)9/h1,3,5,12H,2,4H2. The molecule has 5 nitrogen and oxygen atoms in total. The average Bonchev–Trinajstić information content (AvgIpc) is 2.59. The lowest BCUT2D eigenvalue weighted by atomic mass is 10.1. The molecule has 1 aromatic carbocycles. The number of nitrogens with zero attached hydrogens (tertiary/aromatic N) is 2. The maximum atomic E-state index is 10.5. The van der Waals surface area contributed by atoms with Crippen molar-refractivity contribution in [3.8, 4) is 0 Å². The number of nitro groups is 1. The van der Waals surface area contributed by atoms with Crippen LogP contribution < -0.4 is 0 Å². The first kappa shape index (κ1) is 8.68. The van der Waals surface area contributed by atoms with Gasteiger partial charge in [0, 0.05) is 17.7 Å². The number of aryl methyl sites for hydroxylation is 1. The summed E-state index contributed by atoms with van der Waals surface area (Å²) in [5, 5.41) is 22.3. The van der Waals surface area contributed by atoms with Gasteiger partial charge < -0.3 is 5.21 Å². The zero-order chi connectivity index (χ0) is 10.1. The van der Waals surface area contributed by atoms with Crippen LogP contribution in [0.4, 0.5) is 5.69 Å². The van der Waals surface area contributed by atoms with E-state index in [1.54, 1.807) is 6.07 Å². The number of rotatable bonds is 1. The highest BCUT2D eigenvalue weighted by Gasteiger charge is 2.20. The van der Waals surface area contributed by atoms with Gasteiger partial charge in [-0.2, -0.15) is 0 Å². The van der Waals surface area contributed by atoms with E-state index in [4.69, 9.17) is 5.21 Å². The summed E-state index contributed by atoms with van der Waals surface area (Å²) in [6.45, 7) is 0. The molecule has 0 bridgehead atoms. The number of non-ortho nitro benzene ring substituents is 1. The summed E-state index contributed by atoms with van der Waals surface area (Å²) in [5.41, 5.74) is 2.26. The first-order chi connectivity index (χ1) is 6.72. The van der Waals surface area contributed by atoms with E-state index in [2.05, 4.69) is 5.16 Å². The third-order valence-electron chi connectivity index (χ3n) is 2.37. The normalized spacial score (nSPS) is 17.0. The second kappa shape index (κ2) is 3.10. The molecular formula is C9H8N2O3. The molecule has 0 saturated carbocycles. The monoisotopic (exact) mass is 192 g/mol. The topological polar surface area (TPSA) is 75.7 Å². The lowest BCUT2D eigenvalue weighted by Gasteiger charge is -1.97. The molecule has 1 N–H and O–H groups in total. The lowest BCUT2D eigenvalue weighted by molar-refractivity contribution is -0.384. The zero-order valence-electron chi connectivity index (χ0n) is 7.30. The average molecular weight is 192 g/mol. The van der Waals surface area contributed by atoms with Gasteiger partial charge in [0.25, 0.3) is 5.69 Å². The van der Waals surface area contributed by atoms with Gasteiger partial charge in [-0.3, -0.25) is 10.1 Å². The predicted molar refractivity (Wildman–Crippen MR) is 49.7 cm³/mol. The smallest absolute Gasteiger partial charge is 0.270 e. The molecule has 0 atom stereocenters. The second-order valence-electron chi connectivity index (χ2n) is 3.15. The fourth-order valence-electron chi connectivity index (χ4n) is 1.66. The minimum Gasteiger partial charge on any atom is -0.411 e. The molecule has 72 valence electrons. The minimum absolute atomic E-state index is 0.0341. The van der Waals surface area contributed by atoms with Crippen LogP contribution in [0.15, 0.2) is 23.4 Å². The molecule has 0 saturated heterocycles. The van der Waals surface area contributed by atoms with E-state index in [-0.39, 0.29) is 5.69 Å². The number of hydrogen-bond acceptors (Lipinski definition) is 4. The summed E-state index contributed by atoms with van der Waals surface area (Å²) < 4.78 is 0.